The quantitative estimate of drug-likeness (QED) is 0.386. The minimum atomic E-state index is -0.981. The van der Waals surface area contributed by atoms with Crippen LogP contribution in [0.1, 0.15) is 0 Å². The van der Waals surface area contributed by atoms with Crippen molar-refractivity contribution in [3.8, 4) is 0 Å². The van der Waals surface area contributed by atoms with Gasteiger partial charge in [0.05, 0.1) is 13.2 Å². The molecule has 0 spiro atoms. The topological polar surface area (TPSA) is 115 Å². The molecule has 2 aliphatic rings. The van der Waals surface area contributed by atoms with Crippen molar-refractivity contribution in [1.29, 1.82) is 0 Å². The van der Waals surface area contributed by atoms with Gasteiger partial charge in [0, 0.05) is 18.2 Å². The fourth-order valence-electron chi connectivity index (χ4n) is 0.911. The van der Waals surface area contributed by atoms with Crippen LogP contribution >= 0.6 is 0 Å². The van der Waals surface area contributed by atoms with Gasteiger partial charge in [-0.05, 0) is 0 Å². The number of hydrogen-bond acceptors (Lipinski definition) is 7. The van der Waals surface area contributed by atoms with E-state index in [1.54, 1.807) is 0 Å². The predicted molar refractivity (Wildman–Crippen MR) is 68.4 cm³/mol. The summed E-state index contributed by atoms with van der Waals surface area (Å²) in [4.78, 5) is 31.3. The second-order valence-corrected chi connectivity index (χ2v) is 4.05. The molecule has 0 bridgehead atoms. The highest BCUT2D eigenvalue weighted by atomic mass is 16.6. The first kappa shape index (κ1) is 16.9. The number of carboxylic acid groups (broad SMARTS) is 1. The summed E-state index contributed by atoms with van der Waals surface area (Å²) in [6.07, 6.45) is 2.96. The molecular formula is C13H16O8. The number of hydrogen-bond donors (Lipinski definition) is 1. The largest absolute Gasteiger partial charge is 0.478 e. The van der Waals surface area contributed by atoms with Crippen LogP contribution < -0.4 is 0 Å². The summed E-state index contributed by atoms with van der Waals surface area (Å²) in [7, 11) is 0. The minimum Gasteiger partial charge on any atom is -0.478 e. The van der Waals surface area contributed by atoms with Crippen molar-refractivity contribution >= 4 is 17.9 Å². The maximum absolute atomic E-state index is 11.0. The zero-order valence-corrected chi connectivity index (χ0v) is 11.2. The number of ether oxygens (including phenoxy) is 4. The molecule has 1 N–H and O–H groups in total. The van der Waals surface area contributed by atoms with E-state index in [2.05, 4.69) is 6.58 Å². The van der Waals surface area contributed by atoms with Gasteiger partial charge < -0.3 is 24.1 Å². The van der Waals surface area contributed by atoms with Crippen LogP contribution in [0, 0.1) is 0 Å². The lowest BCUT2D eigenvalue weighted by molar-refractivity contribution is -0.140. The third kappa shape index (κ3) is 10.3. The van der Waals surface area contributed by atoms with Crippen molar-refractivity contribution in [1.82, 2.24) is 0 Å². The van der Waals surface area contributed by atoms with Gasteiger partial charge in [-0.15, -0.1) is 0 Å². The molecule has 0 radical (unpaired) electrons. The van der Waals surface area contributed by atoms with Crippen molar-refractivity contribution in [2.24, 2.45) is 0 Å². The van der Waals surface area contributed by atoms with Crippen LogP contribution in [0.25, 0.3) is 0 Å². The van der Waals surface area contributed by atoms with Crippen LogP contribution in [0.2, 0.25) is 0 Å². The van der Waals surface area contributed by atoms with Crippen molar-refractivity contribution in [3.05, 3.63) is 24.8 Å². The molecule has 116 valence electrons. The molecule has 8 nitrogen and oxygen atoms in total. The Morgan fingerprint density at radius 1 is 1.05 bits per heavy atom. The number of aliphatic carboxylic acids is 1. The molecular weight excluding hydrogens is 284 g/mol. The third-order valence-corrected chi connectivity index (χ3v) is 2.16. The SMILES string of the molecule is C=CC(=O)O.O=C(/C=C\C(=O)OCC1CO1)OCC1CO1. The normalized spacial score (nSPS) is 21.7. The Balaban J connectivity index is 0.000000383. The van der Waals surface area contributed by atoms with E-state index in [0.717, 1.165) is 18.2 Å². The standard InChI is InChI=1S/C10H12O6.C3H4O2/c11-9(15-5-7-3-13-7)1-2-10(12)16-6-8-4-14-8;1-2-3(4)5/h1-2,7-8H,3-6H2;2H,1H2,(H,4,5)/b2-1-;. The number of carboxylic acids is 1. The summed E-state index contributed by atoms with van der Waals surface area (Å²) >= 11 is 0. The van der Waals surface area contributed by atoms with Gasteiger partial charge in [0.25, 0.3) is 0 Å². The molecule has 2 fully saturated rings. The monoisotopic (exact) mass is 300 g/mol. The zero-order valence-electron chi connectivity index (χ0n) is 11.2. The van der Waals surface area contributed by atoms with Crippen molar-refractivity contribution in [2.45, 2.75) is 12.2 Å². The fourth-order valence-corrected chi connectivity index (χ4v) is 0.911. The molecule has 8 heteroatoms. The molecule has 0 aliphatic carbocycles. The highest BCUT2D eigenvalue weighted by Crippen LogP contribution is 2.09. The second kappa shape index (κ2) is 8.88. The van der Waals surface area contributed by atoms with Crippen molar-refractivity contribution < 1.29 is 38.4 Å². The highest BCUT2D eigenvalue weighted by Gasteiger charge is 2.24. The van der Waals surface area contributed by atoms with E-state index < -0.39 is 17.9 Å². The van der Waals surface area contributed by atoms with Gasteiger partial charge in [-0.3, -0.25) is 0 Å². The molecule has 21 heavy (non-hydrogen) atoms. The van der Waals surface area contributed by atoms with Crippen LogP contribution in [-0.2, 0) is 33.3 Å². The number of epoxide rings is 2. The van der Waals surface area contributed by atoms with E-state index >= 15 is 0 Å². The number of carbonyl (C=O) groups is 3. The van der Waals surface area contributed by atoms with E-state index in [9.17, 15) is 14.4 Å². The lowest BCUT2D eigenvalue weighted by Crippen LogP contribution is -2.10. The third-order valence-electron chi connectivity index (χ3n) is 2.16. The van der Waals surface area contributed by atoms with Gasteiger partial charge >= 0.3 is 17.9 Å². The Bertz CT molecular complexity index is 390. The first-order chi connectivity index (χ1) is 10.0. The van der Waals surface area contributed by atoms with Gasteiger partial charge in [-0.1, -0.05) is 6.58 Å². The lowest BCUT2D eigenvalue weighted by Gasteiger charge is -1.98. The van der Waals surface area contributed by atoms with E-state index in [1.807, 2.05) is 0 Å². The molecule has 2 saturated heterocycles. The van der Waals surface area contributed by atoms with Gasteiger partial charge in [0.15, 0.2) is 0 Å². The maximum Gasteiger partial charge on any atom is 0.331 e. The smallest absolute Gasteiger partial charge is 0.331 e. The molecule has 2 unspecified atom stereocenters. The summed E-state index contributed by atoms with van der Waals surface area (Å²) in [6.45, 7) is 4.67. The molecule has 0 aromatic carbocycles. The van der Waals surface area contributed by atoms with Crippen LogP contribution in [0.3, 0.4) is 0 Å². The molecule has 0 aromatic rings. The molecule has 0 amide bonds. The number of rotatable bonds is 7. The Morgan fingerprint density at radius 2 is 1.38 bits per heavy atom. The summed E-state index contributed by atoms with van der Waals surface area (Å²) in [6, 6.07) is 0. The van der Waals surface area contributed by atoms with Gasteiger partial charge in [0.2, 0.25) is 0 Å². The summed E-state index contributed by atoms with van der Waals surface area (Å²) < 4.78 is 19.2. The summed E-state index contributed by atoms with van der Waals surface area (Å²) in [5.41, 5.74) is 0. The lowest BCUT2D eigenvalue weighted by atomic mass is 10.4. The Morgan fingerprint density at radius 3 is 1.62 bits per heavy atom. The first-order valence-electron chi connectivity index (χ1n) is 6.11. The second-order valence-electron chi connectivity index (χ2n) is 4.05. The van der Waals surface area contributed by atoms with Crippen molar-refractivity contribution in [2.75, 3.05) is 26.4 Å². The average molecular weight is 300 g/mol. The Hall–Kier alpha value is -2.19. The molecule has 0 saturated carbocycles. The van der Waals surface area contributed by atoms with E-state index in [1.165, 1.54) is 0 Å². The van der Waals surface area contributed by atoms with E-state index in [-0.39, 0.29) is 25.4 Å². The Labute approximate surface area is 120 Å². The maximum atomic E-state index is 11.0. The average Bonchev–Trinajstić information content (AvgIpc) is 3.35. The summed E-state index contributed by atoms with van der Waals surface area (Å²) in [5, 5.41) is 7.60. The predicted octanol–water partition coefficient (Wildman–Crippen LogP) is -0.316. The first-order valence-corrected chi connectivity index (χ1v) is 6.11. The fraction of sp³-hybridized carbons (Fsp3) is 0.462. The molecule has 2 rings (SSSR count). The number of carbonyl (C=O) groups excluding carboxylic acids is 2. The van der Waals surface area contributed by atoms with Crippen molar-refractivity contribution in [3.63, 3.8) is 0 Å². The number of esters is 2. The van der Waals surface area contributed by atoms with Crippen LogP contribution in [-0.4, -0.2) is 61.6 Å². The van der Waals surface area contributed by atoms with Gasteiger partial charge in [-0.25, -0.2) is 14.4 Å². The van der Waals surface area contributed by atoms with Gasteiger partial charge in [-0.2, -0.15) is 0 Å². The van der Waals surface area contributed by atoms with E-state index in [0.29, 0.717) is 13.2 Å². The zero-order chi connectivity index (χ0) is 15.7. The summed E-state index contributed by atoms with van der Waals surface area (Å²) in [5.74, 6) is -2.13. The Kier molecular flexibility index (Phi) is 7.13. The molecule has 0 aromatic heterocycles. The van der Waals surface area contributed by atoms with E-state index in [4.69, 9.17) is 24.1 Å². The minimum absolute atomic E-state index is 0.0244. The van der Waals surface area contributed by atoms with Crippen LogP contribution in [0.5, 0.6) is 0 Å². The highest BCUT2D eigenvalue weighted by molar-refractivity contribution is 5.91. The van der Waals surface area contributed by atoms with Crippen LogP contribution in [0.4, 0.5) is 0 Å². The molecule has 2 atom stereocenters. The molecule has 2 aliphatic heterocycles. The van der Waals surface area contributed by atoms with Gasteiger partial charge in [0.1, 0.15) is 25.4 Å². The molecule has 2 heterocycles. The van der Waals surface area contributed by atoms with Crippen LogP contribution in [0.15, 0.2) is 24.8 Å².